The van der Waals surface area contributed by atoms with E-state index < -0.39 is 0 Å². The largest absolute Gasteiger partial charge is 0.496 e. The van der Waals surface area contributed by atoms with Crippen LogP contribution in [0.25, 0.3) is 0 Å². The van der Waals surface area contributed by atoms with Crippen LogP contribution in [0, 0.1) is 0 Å². The molecule has 2 aromatic rings. The number of nitrogens with one attached hydrogen (secondary N) is 1. The lowest BCUT2D eigenvalue weighted by Gasteiger charge is -2.13. The Kier molecular flexibility index (Phi) is 5.65. The normalized spacial score (nSPS) is 12.0. The number of ether oxygens (including phenoxy) is 2. The quantitative estimate of drug-likeness (QED) is 0.842. The summed E-state index contributed by atoms with van der Waals surface area (Å²) in [5.74, 6) is 1.68. The van der Waals surface area contributed by atoms with E-state index in [1.165, 1.54) is 5.56 Å². The minimum absolute atomic E-state index is 0.337. The highest BCUT2D eigenvalue weighted by Crippen LogP contribution is 2.25. The summed E-state index contributed by atoms with van der Waals surface area (Å²) >= 11 is 3.47. The van der Waals surface area contributed by atoms with Gasteiger partial charge < -0.3 is 14.8 Å². The molecule has 112 valence electrons. The smallest absolute Gasteiger partial charge is 0.125 e. The van der Waals surface area contributed by atoms with E-state index in [0.717, 1.165) is 21.5 Å². The van der Waals surface area contributed by atoms with Crippen molar-refractivity contribution in [1.82, 2.24) is 5.32 Å². The fourth-order valence-electron chi connectivity index (χ4n) is 2.04. The third-order valence-electron chi connectivity index (χ3n) is 3.45. The molecule has 0 saturated carbocycles. The molecule has 0 fully saturated rings. The number of methoxy groups -OCH3 is 1. The first kappa shape index (κ1) is 15.9. The van der Waals surface area contributed by atoms with Crippen LogP contribution in [0.2, 0.25) is 0 Å². The fourth-order valence-corrected chi connectivity index (χ4v) is 2.45. The van der Waals surface area contributed by atoms with Crippen LogP contribution < -0.4 is 14.8 Å². The van der Waals surface area contributed by atoms with Gasteiger partial charge in [-0.15, -0.1) is 0 Å². The van der Waals surface area contributed by atoms with Crippen LogP contribution in [0.3, 0.4) is 0 Å². The minimum atomic E-state index is 0.337. The zero-order valence-electron chi connectivity index (χ0n) is 12.5. The van der Waals surface area contributed by atoms with E-state index in [9.17, 15) is 0 Å². The molecule has 0 heterocycles. The molecule has 1 N–H and O–H groups in total. The van der Waals surface area contributed by atoms with Gasteiger partial charge in [-0.2, -0.15) is 0 Å². The second kappa shape index (κ2) is 7.48. The van der Waals surface area contributed by atoms with E-state index in [-0.39, 0.29) is 0 Å². The summed E-state index contributed by atoms with van der Waals surface area (Å²) in [4.78, 5) is 0. The SMILES string of the molecule is CNC(C)c1ccc(OCc2cc(Br)ccc2OC)cc1. The molecule has 0 aliphatic heterocycles. The van der Waals surface area contributed by atoms with E-state index >= 15 is 0 Å². The van der Waals surface area contributed by atoms with Gasteiger partial charge >= 0.3 is 0 Å². The van der Waals surface area contributed by atoms with Gasteiger partial charge in [0.2, 0.25) is 0 Å². The second-order valence-corrected chi connectivity index (χ2v) is 5.74. The Hall–Kier alpha value is -1.52. The van der Waals surface area contributed by atoms with Gasteiger partial charge in [-0.25, -0.2) is 0 Å². The lowest BCUT2D eigenvalue weighted by atomic mass is 10.1. The Balaban J connectivity index is 2.04. The molecule has 0 radical (unpaired) electrons. The average molecular weight is 350 g/mol. The fraction of sp³-hybridized carbons (Fsp3) is 0.294. The van der Waals surface area contributed by atoms with Crippen LogP contribution in [-0.2, 0) is 6.61 Å². The lowest BCUT2D eigenvalue weighted by molar-refractivity contribution is 0.296. The molecular formula is C17H20BrNO2. The summed E-state index contributed by atoms with van der Waals surface area (Å²) in [7, 11) is 3.62. The Bertz CT molecular complexity index is 584. The van der Waals surface area contributed by atoms with Crippen molar-refractivity contribution in [3.63, 3.8) is 0 Å². The molecule has 2 aromatic carbocycles. The van der Waals surface area contributed by atoms with E-state index in [4.69, 9.17) is 9.47 Å². The van der Waals surface area contributed by atoms with Crippen LogP contribution >= 0.6 is 15.9 Å². The van der Waals surface area contributed by atoms with Crippen molar-refractivity contribution in [2.45, 2.75) is 19.6 Å². The lowest BCUT2D eigenvalue weighted by Crippen LogP contribution is -2.11. The van der Waals surface area contributed by atoms with Crippen molar-refractivity contribution >= 4 is 15.9 Å². The molecule has 4 heteroatoms. The zero-order valence-corrected chi connectivity index (χ0v) is 14.1. The molecule has 0 spiro atoms. The van der Waals surface area contributed by atoms with Gasteiger partial charge in [-0.05, 0) is 49.9 Å². The van der Waals surface area contributed by atoms with Gasteiger partial charge in [0.25, 0.3) is 0 Å². The maximum Gasteiger partial charge on any atom is 0.125 e. The van der Waals surface area contributed by atoms with Crippen LogP contribution in [0.4, 0.5) is 0 Å². The van der Waals surface area contributed by atoms with E-state index in [1.54, 1.807) is 7.11 Å². The highest BCUT2D eigenvalue weighted by molar-refractivity contribution is 9.10. The van der Waals surface area contributed by atoms with Crippen LogP contribution in [0.5, 0.6) is 11.5 Å². The number of benzene rings is 2. The Morgan fingerprint density at radius 2 is 1.86 bits per heavy atom. The van der Waals surface area contributed by atoms with Crippen molar-refractivity contribution in [2.75, 3.05) is 14.2 Å². The molecular weight excluding hydrogens is 330 g/mol. The monoisotopic (exact) mass is 349 g/mol. The van der Waals surface area contributed by atoms with Crippen LogP contribution in [-0.4, -0.2) is 14.2 Å². The molecule has 21 heavy (non-hydrogen) atoms. The summed E-state index contributed by atoms with van der Waals surface area (Å²) in [6.07, 6.45) is 0. The topological polar surface area (TPSA) is 30.5 Å². The first-order valence-electron chi connectivity index (χ1n) is 6.86. The second-order valence-electron chi connectivity index (χ2n) is 4.82. The minimum Gasteiger partial charge on any atom is -0.496 e. The summed E-state index contributed by atoms with van der Waals surface area (Å²) in [6.45, 7) is 2.60. The molecule has 2 rings (SSSR count). The number of hydrogen-bond acceptors (Lipinski definition) is 3. The molecule has 0 bridgehead atoms. The molecule has 0 amide bonds. The van der Waals surface area contributed by atoms with Crippen molar-refractivity contribution in [1.29, 1.82) is 0 Å². The number of hydrogen-bond donors (Lipinski definition) is 1. The molecule has 0 saturated heterocycles. The Labute approximate surface area is 134 Å². The van der Waals surface area contributed by atoms with Crippen LogP contribution in [0.1, 0.15) is 24.1 Å². The first-order valence-corrected chi connectivity index (χ1v) is 7.65. The molecule has 0 aromatic heterocycles. The average Bonchev–Trinajstić information content (AvgIpc) is 2.52. The number of halogens is 1. The summed E-state index contributed by atoms with van der Waals surface area (Å²) in [6, 6.07) is 14.4. The molecule has 0 aliphatic carbocycles. The molecule has 1 unspecified atom stereocenters. The standard InChI is InChI=1S/C17H20BrNO2/c1-12(19-2)13-4-7-16(8-5-13)21-11-14-10-15(18)6-9-17(14)20-3/h4-10,12,19H,11H2,1-3H3. The Morgan fingerprint density at radius 1 is 1.14 bits per heavy atom. The van der Waals surface area contributed by atoms with Crippen molar-refractivity contribution in [3.05, 3.63) is 58.1 Å². The summed E-state index contributed by atoms with van der Waals surface area (Å²) < 4.78 is 12.2. The predicted molar refractivity (Wildman–Crippen MR) is 88.9 cm³/mol. The van der Waals surface area contributed by atoms with Crippen molar-refractivity contribution in [3.8, 4) is 11.5 Å². The molecule has 1 atom stereocenters. The van der Waals surface area contributed by atoms with Gasteiger partial charge in [-0.1, -0.05) is 28.1 Å². The maximum atomic E-state index is 5.84. The highest BCUT2D eigenvalue weighted by Gasteiger charge is 2.06. The third kappa shape index (κ3) is 4.22. The predicted octanol–water partition coefficient (Wildman–Crippen LogP) is 4.32. The summed E-state index contributed by atoms with van der Waals surface area (Å²) in [5, 5.41) is 3.22. The maximum absolute atomic E-state index is 5.84. The van der Waals surface area contributed by atoms with Gasteiger partial charge in [0.05, 0.1) is 7.11 Å². The molecule has 0 aliphatic rings. The first-order chi connectivity index (χ1) is 10.1. The van der Waals surface area contributed by atoms with E-state index in [0.29, 0.717) is 12.6 Å². The van der Waals surface area contributed by atoms with Gasteiger partial charge in [0, 0.05) is 16.1 Å². The van der Waals surface area contributed by atoms with Gasteiger partial charge in [-0.3, -0.25) is 0 Å². The van der Waals surface area contributed by atoms with Gasteiger partial charge in [0.15, 0.2) is 0 Å². The summed E-state index contributed by atoms with van der Waals surface area (Å²) in [5.41, 5.74) is 2.25. The molecule has 3 nitrogen and oxygen atoms in total. The van der Waals surface area contributed by atoms with Crippen LogP contribution in [0.15, 0.2) is 46.9 Å². The highest BCUT2D eigenvalue weighted by atomic mass is 79.9. The van der Waals surface area contributed by atoms with E-state index in [2.05, 4.69) is 40.3 Å². The van der Waals surface area contributed by atoms with Crippen molar-refractivity contribution < 1.29 is 9.47 Å². The zero-order chi connectivity index (χ0) is 15.2. The number of rotatable bonds is 6. The third-order valence-corrected chi connectivity index (χ3v) is 3.94. The Morgan fingerprint density at radius 3 is 2.48 bits per heavy atom. The van der Waals surface area contributed by atoms with E-state index in [1.807, 2.05) is 37.4 Å². The van der Waals surface area contributed by atoms with Crippen molar-refractivity contribution in [2.24, 2.45) is 0 Å². The van der Waals surface area contributed by atoms with Gasteiger partial charge in [0.1, 0.15) is 18.1 Å².